The summed E-state index contributed by atoms with van der Waals surface area (Å²) in [6, 6.07) is 0. The van der Waals surface area contributed by atoms with Gasteiger partial charge in [0.25, 0.3) is 0 Å². The predicted molar refractivity (Wildman–Crippen MR) is 40.8 cm³/mol. The average molecular weight is 155 g/mol. The Bertz CT molecular complexity index is 197. The molecule has 0 amide bonds. The van der Waals surface area contributed by atoms with Crippen LogP contribution < -0.4 is 5.32 Å². The van der Waals surface area contributed by atoms with Gasteiger partial charge in [-0.15, -0.1) is 10.2 Å². The molecule has 1 aromatic heterocycles. The highest BCUT2D eigenvalue weighted by Crippen LogP contribution is 1.99. The standard InChI is InChI=1S/C6H13N5/c1-6(2,3)7-4-5-8-10-11-9-5/h7H,4H2,1-3H3,(H,8,9,10,11). The smallest absolute Gasteiger partial charge is 0.188 e. The molecular formula is C6H13N5. The molecule has 0 aromatic carbocycles. The van der Waals surface area contributed by atoms with Gasteiger partial charge in [-0.3, -0.25) is 0 Å². The molecular weight excluding hydrogens is 142 g/mol. The van der Waals surface area contributed by atoms with Crippen molar-refractivity contribution >= 4 is 0 Å². The van der Waals surface area contributed by atoms with E-state index in [1.807, 2.05) is 0 Å². The van der Waals surface area contributed by atoms with E-state index in [1.165, 1.54) is 0 Å². The maximum atomic E-state index is 3.81. The SMILES string of the molecule is CC(C)(C)NCc1nn[nH]n1. The van der Waals surface area contributed by atoms with Crippen LogP contribution in [0.1, 0.15) is 26.6 Å². The summed E-state index contributed by atoms with van der Waals surface area (Å²) in [7, 11) is 0. The number of tetrazole rings is 1. The third-order valence-electron chi connectivity index (χ3n) is 1.17. The van der Waals surface area contributed by atoms with Gasteiger partial charge >= 0.3 is 0 Å². The Morgan fingerprint density at radius 2 is 2.18 bits per heavy atom. The molecule has 0 aliphatic carbocycles. The Morgan fingerprint density at radius 3 is 2.64 bits per heavy atom. The van der Waals surface area contributed by atoms with E-state index >= 15 is 0 Å². The zero-order valence-electron chi connectivity index (χ0n) is 7.05. The number of hydrogen-bond acceptors (Lipinski definition) is 4. The van der Waals surface area contributed by atoms with Gasteiger partial charge in [0.15, 0.2) is 5.82 Å². The second kappa shape index (κ2) is 2.96. The van der Waals surface area contributed by atoms with E-state index in [-0.39, 0.29) is 5.54 Å². The first-order chi connectivity index (χ1) is 5.08. The minimum Gasteiger partial charge on any atom is -0.305 e. The van der Waals surface area contributed by atoms with Crippen molar-refractivity contribution in [3.63, 3.8) is 0 Å². The molecule has 11 heavy (non-hydrogen) atoms. The number of aromatic amines is 1. The number of nitrogens with zero attached hydrogens (tertiary/aromatic N) is 3. The van der Waals surface area contributed by atoms with Crippen LogP contribution in [-0.2, 0) is 6.54 Å². The third kappa shape index (κ3) is 3.08. The van der Waals surface area contributed by atoms with Gasteiger partial charge in [0.05, 0.1) is 6.54 Å². The van der Waals surface area contributed by atoms with Crippen LogP contribution in [0.2, 0.25) is 0 Å². The molecule has 0 saturated heterocycles. The quantitative estimate of drug-likeness (QED) is 0.635. The van der Waals surface area contributed by atoms with E-state index in [2.05, 4.69) is 46.7 Å². The lowest BCUT2D eigenvalue weighted by Crippen LogP contribution is -2.35. The Morgan fingerprint density at radius 1 is 1.45 bits per heavy atom. The molecule has 0 fully saturated rings. The van der Waals surface area contributed by atoms with Gasteiger partial charge in [-0.1, -0.05) is 5.21 Å². The molecule has 0 aliphatic rings. The molecule has 0 bridgehead atoms. The monoisotopic (exact) mass is 155 g/mol. The highest BCUT2D eigenvalue weighted by atomic mass is 15.5. The average Bonchev–Trinajstić information content (AvgIpc) is 2.32. The predicted octanol–water partition coefficient (Wildman–Crippen LogP) is 0.0878. The Balaban J connectivity index is 2.35. The molecule has 5 heteroatoms. The van der Waals surface area contributed by atoms with Crippen molar-refractivity contribution in [2.24, 2.45) is 0 Å². The van der Waals surface area contributed by atoms with E-state index < -0.39 is 0 Å². The Hall–Kier alpha value is -0.970. The van der Waals surface area contributed by atoms with Crippen LogP contribution in [0.4, 0.5) is 0 Å². The normalized spacial score (nSPS) is 11.9. The lowest BCUT2D eigenvalue weighted by atomic mass is 10.1. The second-order valence-corrected chi connectivity index (χ2v) is 3.43. The van der Waals surface area contributed by atoms with Crippen molar-refractivity contribution in [1.29, 1.82) is 0 Å². The van der Waals surface area contributed by atoms with Gasteiger partial charge < -0.3 is 5.32 Å². The summed E-state index contributed by atoms with van der Waals surface area (Å²) in [5.41, 5.74) is 0.0978. The number of aromatic nitrogens is 4. The highest BCUT2D eigenvalue weighted by molar-refractivity contribution is 4.79. The lowest BCUT2D eigenvalue weighted by Gasteiger charge is -2.18. The fourth-order valence-corrected chi connectivity index (χ4v) is 0.602. The number of nitrogens with one attached hydrogen (secondary N) is 2. The van der Waals surface area contributed by atoms with Crippen molar-refractivity contribution in [3.8, 4) is 0 Å². The molecule has 0 radical (unpaired) electrons. The molecule has 0 saturated carbocycles. The van der Waals surface area contributed by atoms with Gasteiger partial charge in [-0.05, 0) is 20.8 Å². The zero-order chi connectivity index (χ0) is 8.32. The van der Waals surface area contributed by atoms with Gasteiger partial charge in [0.2, 0.25) is 0 Å². The van der Waals surface area contributed by atoms with Crippen LogP contribution in [0.5, 0.6) is 0 Å². The Labute approximate surface area is 65.6 Å². The summed E-state index contributed by atoms with van der Waals surface area (Å²) in [6.45, 7) is 6.92. The topological polar surface area (TPSA) is 66.5 Å². The first-order valence-corrected chi connectivity index (χ1v) is 3.55. The van der Waals surface area contributed by atoms with Crippen molar-refractivity contribution < 1.29 is 0 Å². The molecule has 1 heterocycles. The molecule has 0 atom stereocenters. The second-order valence-electron chi connectivity index (χ2n) is 3.43. The van der Waals surface area contributed by atoms with Crippen molar-refractivity contribution in [1.82, 2.24) is 25.9 Å². The molecule has 0 aliphatic heterocycles. The summed E-state index contributed by atoms with van der Waals surface area (Å²) in [5, 5.41) is 16.7. The molecule has 0 unspecified atom stereocenters. The van der Waals surface area contributed by atoms with Crippen LogP contribution in [0, 0.1) is 0 Å². The molecule has 2 N–H and O–H groups in total. The van der Waals surface area contributed by atoms with E-state index in [0.29, 0.717) is 12.4 Å². The largest absolute Gasteiger partial charge is 0.305 e. The maximum absolute atomic E-state index is 3.81. The molecule has 62 valence electrons. The van der Waals surface area contributed by atoms with Crippen LogP contribution >= 0.6 is 0 Å². The molecule has 0 spiro atoms. The summed E-state index contributed by atoms with van der Waals surface area (Å²) >= 11 is 0. The van der Waals surface area contributed by atoms with Crippen LogP contribution in [0.15, 0.2) is 0 Å². The minimum absolute atomic E-state index is 0.0978. The third-order valence-corrected chi connectivity index (χ3v) is 1.17. The molecule has 1 aromatic rings. The maximum Gasteiger partial charge on any atom is 0.188 e. The Kier molecular flexibility index (Phi) is 2.19. The minimum atomic E-state index is 0.0978. The van der Waals surface area contributed by atoms with Crippen LogP contribution in [-0.4, -0.2) is 26.2 Å². The van der Waals surface area contributed by atoms with Crippen LogP contribution in [0.3, 0.4) is 0 Å². The fraction of sp³-hybridized carbons (Fsp3) is 0.833. The lowest BCUT2D eigenvalue weighted by molar-refractivity contribution is 0.418. The van der Waals surface area contributed by atoms with Gasteiger partial charge in [0.1, 0.15) is 0 Å². The summed E-state index contributed by atoms with van der Waals surface area (Å²) in [4.78, 5) is 0. The summed E-state index contributed by atoms with van der Waals surface area (Å²) in [6.07, 6.45) is 0. The van der Waals surface area contributed by atoms with Crippen molar-refractivity contribution in [2.45, 2.75) is 32.9 Å². The highest BCUT2D eigenvalue weighted by Gasteiger charge is 2.09. The number of H-pyrrole nitrogens is 1. The summed E-state index contributed by atoms with van der Waals surface area (Å²) < 4.78 is 0. The van der Waals surface area contributed by atoms with Gasteiger partial charge in [-0.2, -0.15) is 5.21 Å². The zero-order valence-corrected chi connectivity index (χ0v) is 7.05. The first kappa shape index (κ1) is 8.13. The number of hydrogen-bond donors (Lipinski definition) is 2. The van der Waals surface area contributed by atoms with E-state index in [0.717, 1.165) is 0 Å². The van der Waals surface area contributed by atoms with Crippen LogP contribution in [0.25, 0.3) is 0 Å². The van der Waals surface area contributed by atoms with E-state index in [4.69, 9.17) is 0 Å². The first-order valence-electron chi connectivity index (χ1n) is 3.55. The summed E-state index contributed by atoms with van der Waals surface area (Å²) in [5.74, 6) is 0.694. The fourth-order valence-electron chi connectivity index (χ4n) is 0.602. The van der Waals surface area contributed by atoms with E-state index in [9.17, 15) is 0 Å². The number of rotatable bonds is 2. The van der Waals surface area contributed by atoms with Gasteiger partial charge in [0, 0.05) is 5.54 Å². The molecule has 5 nitrogen and oxygen atoms in total. The van der Waals surface area contributed by atoms with Crippen molar-refractivity contribution in [2.75, 3.05) is 0 Å². The van der Waals surface area contributed by atoms with Gasteiger partial charge in [-0.25, -0.2) is 0 Å². The van der Waals surface area contributed by atoms with E-state index in [1.54, 1.807) is 0 Å². The van der Waals surface area contributed by atoms with Crippen molar-refractivity contribution in [3.05, 3.63) is 5.82 Å². The molecule has 1 rings (SSSR count).